The molecule has 0 saturated heterocycles. The maximum atomic E-state index is 12.3. The standard InChI is InChI=1S/C26H20O8/c27-19-9-7-17(13-21(19)29)22-14-18-16(6-10-20(28)25(18)34-22)8-11-24(30)33-23(26(31)32)12-15-4-2-1-3-5-15/h1-11,13-14,23,27-29H,12H2,(H,31,32)/b11-8+/t23-/m1/s1. The first kappa shape index (κ1) is 22.5. The number of esters is 1. The van der Waals surface area contributed by atoms with Crippen LogP contribution in [0.25, 0.3) is 28.4 Å². The topological polar surface area (TPSA) is 137 Å². The maximum Gasteiger partial charge on any atom is 0.345 e. The van der Waals surface area contributed by atoms with E-state index in [-0.39, 0.29) is 29.3 Å². The van der Waals surface area contributed by atoms with Crippen LogP contribution in [0.4, 0.5) is 0 Å². The van der Waals surface area contributed by atoms with Gasteiger partial charge in [-0.25, -0.2) is 9.59 Å². The molecule has 4 rings (SSSR count). The van der Waals surface area contributed by atoms with Gasteiger partial charge in [0.15, 0.2) is 22.8 Å². The minimum absolute atomic E-state index is 0.0315. The number of hydrogen-bond donors (Lipinski definition) is 4. The molecule has 4 aromatic rings. The highest BCUT2D eigenvalue weighted by atomic mass is 16.6. The van der Waals surface area contributed by atoms with Crippen molar-refractivity contribution in [1.82, 2.24) is 0 Å². The number of furan rings is 1. The highest BCUT2D eigenvalue weighted by Gasteiger charge is 2.22. The fourth-order valence-electron chi connectivity index (χ4n) is 3.44. The van der Waals surface area contributed by atoms with Crippen LogP contribution in [0, 0.1) is 0 Å². The number of fused-ring (bicyclic) bond motifs is 1. The molecule has 8 heteroatoms. The lowest BCUT2D eigenvalue weighted by atomic mass is 10.1. The third kappa shape index (κ3) is 4.86. The predicted octanol–water partition coefficient (Wildman–Crippen LogP) is 4.47. The van der Waals surface area contributed by atoms with Crippen molar-refractivity contribution in [2.45, 2.75) is 12.5 Å². The molecule has 34 heavy (non-hydrogen) atoms. The zero-order chi connectivity index (χ0) is 24.2. The van der Waals surface area contributed by atoms with Crippen LogP contribution >= 0.6 is 0 Å². The predicted molar refractivity (Wildman–Crippen MR) is 123 cm³/mol. The second-order valence-electron chi connectivity index (χ2n) is 7.52. The van der Waals surface area contributed by atoms with Crippen molar-refractivity contribution in [3.05, 3.63) is 83.9 Å². The summed E-state index contributed by atoms with van der Waals surface area (Å²) >= 11 is 0. The maximum absolute atomic E-state index is 12.3. The molecule has 1 atom stereocenters. The van der Waals surface area contributed by atoms with Crippen molar-refractivity contribution in [2.24, 2.45) is 0 Å². The minimum atomic E-state index is -1.35. The molecule has 3 aromatic carbocycles. The van der Waals surface area contributed by atoms with Gasteiger partial charge in [-0.2, -0.15) is 0 Å². The monoisotopic (exact) mass is 460 g/mol. The van der Waals surface area contributed by atoms with Crippen molar-refractivity contribution in [1.29, 1.82) is 0 Å². The third-order valence-corrected chi connectivity index (χ3v) is 5.15. The summed E-state index contributed by atoms with van der Waals surface area (Å²) < 4.78 is 10.8. The lowest BCUT2D eigenvalue weighted by molar-refractivity contribution is -0.160. The Morgan fingerprint density at radius 2 is 1.65 bits per heavy atom. The Morgan fingerprint density at radius 3 is 2.35 bits per heavy atom. The van der Waals surface area contributed by atoms with E-state index in [2.05, 4.69) is 0 Å². The smallest absolute Gasteiger partial charge is 0.345 e. The molecule has 0 unspecified atom stereocenters. The number of carbonyl (C=O) groups excluding carboxylic acids is 1. The van der Waals surface area contributed by atoms with Crippen LogP contribution in [0.2, 0.25) is 0 Å². The van der Waals surface area contributed by atoms with E-state index in [0.29, 0.717) is 22.3 Å². The highest BCUT2D eigenvalue weighted by molar-refractivity contribution is 5.97. The summed E-state index contributed by atoms with van der Waals surface area (Å²) in [4.78, 5) is 23.9. The van der Waals surface area contributed by atoms with Gasteiger partial charge < -0.3 is 29.6 Å². The molecule has 0 saturated carbocycles. The summed E-state index contributed by atoms with van der Waals surface area (Å²) in [6.07, 6.45) is 1.22. The van der Waals surface area contributed by atoms with Crippen LogP contribution < -0.4 is 0 Å². The Kier molecular flexibility index (Phi) is 6.22. The zero-order valence-electron chi connectivity index (χ0n) is 17.7. The van der Waals surface area contributed by atoms with Crippen molar-refractivity contribution in [2.75, 3.05) is 0 Å². The summed E-state index contributed by atoms with van der Waals surface area (Å²) in [6, 6.07) is 17.6. The zero-order valence-corrected chi connectivity index (χ0v) is 17.7. The van der Waals surface area contributed by atoms with Crippen LogP contribution in [0.5, 0.6) is 17.2 Å². The number of carbonyl (C=O) groups is 2. The number of phenolic OH excluding ortho intramolecular Hbond substituents is 3. The van der Waals surface area contributed by atoms with E-state index in [1.54, 1.807) is 42.5 Å². The largest absolute Gasteiger partial charge is 0.504 e. The summed E-state index contributed by atoms with van der Waals surface area (Å²) in [5, 5.41) is 39.3. The quantitative estimate of drug-likeness (QED) is 0.180. The lowest BCUT2D eigenvalue weighted by Crippen LogP contribution is -2.28. The Morgan fingerprint density at radius 1 is 0.912 bits per heavy atom. The minimum Gasteiger partial charge on any atom is -0.504 e. The number of aliphatic carboxylic acids is 1. The summed E-state index contributed by atoms with van der Waals surface area (Å²) in [5.41, 5.74) is 1.85. The molecule has 172 valence electrons. The number of rotatable bonds is 7. The van der Waals surface area contributed by atoms with Gasteiger partial charge in [0.2, 0.25) is 6.10 Å². The van der Waals surface area contributed by atoms with E-state index < -0.39 is 18.0 Å². The summed E-state index contributed by atoms with van der Waals surface area (Å²) in [7, 11) is 0. The molecule has 4 N–H and O–H groups in total. The number of hydrogen-bond acceptors (Lipinski definition) is 7. The van der Waals surface area contributed by atoms with Gasteiger partial charge in [0.05, 0.1) is 0 Å². The van der Waals surface area contributed by atoms with Crippen molar-refractivity contribution in [3.8, 4) is 28.6 Å². The molecule has 0 amide bonds. The molecule has 0 aliphatic heterocycles. The van der Waals surface area contributed by atoms with Gasteiger partial charge in [-0.3, -0.25) is 0 Å². The van der Waals surface area contributed by atoms with E-state index in [4.69, 9.17) is 9.15 Å². The van der Waals surface area contributed by atoms with Gasteiger partial charge >= 0.3 is 11.9 Å². The van der Waals surface area contributed by atoms with Crippen molar-refractivity contribution < 1.29 is 39.2 Å². The average Bonchev–Trinajstić information content (AvgIpc) is 3.27. The van der Waals surface area contributed by atoms with Gasteiger partial charge in [-0.15, -0.1) is 0 Å². The van der Waals surface area contributed by atoms with Crippen LogP contribution in [-0.2, 0) is 20.7 Å². The first-order valence-electron chi connectivity index (χ1n) is 10.2. The number of carboxylic acid groups (broad SMARTS) is 1. The van der Waals surface area contributed by atoms with Gasteiger partial charge in [0.1, 0.15) is 5.76 Å². The molecule has 0 aliphatic carbocycles. The molecular formula is C26H20O8. The fraction of sp³-hybridized carbons (Fsp3) is 0.0769. The number of phenols is 3. The van der Waals surface area contributed by atoms with Crippen LogP contribution in [0.1, 0.15) is 11.1 Å². The van der Waals surface area contributed by atoms with E-state index in [1.165, 1.54) is 30.3 Å². The molecule has 0 aliphatic rings. The van der Waals surface area contributed by atoms with E-state index in [1.807, 2.05) is 0 Å². The van der Waals surface area contributed by atoms with Gasteiger partial charge in [-0.05, 0) is 47.5 Å². The number of ether oxygens (including phenoxy) is 1. The molecule has 1 aromatic heterocycles. The summed E-state index contributed by atoms with van der Waals surface area (Å²) in [6.45, 7) is 0. The molecule has 8 nitrogen and oxygen atoms in total. The number of aromatic hydroxyl groups is 3. The Bertz CT molecular complexity index is 1380. The molecule has 0 spiro atoms. The van der Waals surface area contributed by atoms with Crippen molar-refractivity contribution >= 4 is 29.0 Å². The normalized spacial score (nSPS) is 12.1. The van der Waals surface area contributed by atoms with Crippen LogP contribution in [-0.4, -0.2) is 38.5 Å². The highest BCUT2D eigenvalue weighted by Crippen LogP contribution is 2.37. The Hall–Kier alpha value is -4.72. The van der Waals surface area contributed by atoms with Gasteiger partial charge in [-0.1, -0.05) is 36.4 Å². The number of carboxylic acids is 1. The molecule has 0 fully saturated rings. The first-order chi connectivity index (χ1) is 16.3. The van der Waals surface area contributed by atoms with Crippen LogP contribution in [0.3, 0.4) is 0 Å². The van der Waals surface area contributed by atoms with E-state index in [0.717, 1.165) is 11.6 Å². The molecule has 0 radical (unpaired) electrons. The molecule has 1 heterocycles. The van der Waals surface area contributed by atoms with Gasteiger partial charge in [0, 0.05) is 23.4 Å². The second-order valence-corrected chi connectivity index (χ2v) is 7.52. The molecule has 0 bridgehead atoms. The van der Waals surface area contributed by atoms with Crippen LogP contribution in [0.15, 0.2) is 77.2 Å². The fourth-order valence-corrected chi connectivity index (χ4v) is 3.44. The summed E-state index contributed by atoms with van der Waals surface area (Å²) in [5.74, 6) is -2.51. The number of benzene rings is 3. The average molecular weight is 460 g/mol. The van der Waals surface area contributed by atoms with Crippen molar-refractivity contribution in [3.63, 3.8) is 0 Å². The third-order valence-electron chi connectivity index (χ3n) is 5.15. The lowest BCUT2D eigenvalue weighted by Gasteiger charge is -2.12. The first-order valence-corrected chi connectivity index (χ1v) is 10.2. The Labute approximate surface area is 193 Å². The van der Waals surface area contributed by atoms with Gasteiger partial charge in [0.25, 0.3) is 0 Å². The van der Waals surface area contributed by atoms with E-state index in [9.17, 15) is 30.0 Å². The van der Waals surface area contributed by atoms with E-state index >= 15 is 0 Å². The molecular weight excluding hydrogens is 440 g/mol. The second kappa shape index (κ2) is 9.41. The SMILES string of the molecule is O=C(/C=C/c1ccc(O)c2oc(-c3ccc(O)c(O)c3)cc12)O[C@H](Cc1ccccc1)C(=O)O. The Balaban J connectivity index is 1.57.